The first-order valence-corrected chi connectivity index (χ1v) is 9.23. The molecule has 0 aromatic carbocycles. The van der Waals surface area contributed by atoms with Gasteiger partial charge >= 0.3 is 0 Å². The fraction of sp³-hybridized carbons (Fsp3) is 0.467. The molecule has 22 heavy (non-hydrogen) atoms. The summed E-state index contributed by atoms with van der Waals surface area (Å²) in [4.78, 5) is 4.34. The highest BCUT2D eigenvalue weighted by Crippen LogP contribution is 2.23. The van der Waals surface area contributed by atoms with Crippen LogP contribution in [0.4, 0.5) is 0 Å². The van der Waals surface area contributed by atoms with E-state index in [-0.39, 0.29) is 0 Å². The number of aromatic amines is 1. The normalized spacial score (nSPS) is 18.2. The fourth-order valence-corrected chi connectivity index (χ4v) is 4.19. The zero-order chi connectivity index (χ0) is 15.4. The molecule has 2 aromatic rings. The molecule has 0 saturated carbocycles. The molecule has 1 saturated heterocycles. The fourth-order valence-electron chi connectivity index (χ4n) is 2.60. The number of ether oxygens (including phenoxy) is 1. The Kier molecular flexibility index (Phi) is 4.42. The summed E-state index contributed by atoms with van der Waals surface area (Å²) in [7, 11) is -2.78. The second-order valence-electron chi connectivity index (χ2n) is 5.60. The molecule has 0 unspecified atom stereocenters. The molecule has 1 aliphatic heterocycles. The Balaban J connectivity index is 1.46. The Morgan fingerprint density at radius 1 is 1.23 bits per heavy atom. The lowest BCUT2D eigenvalue weighted by Gasteiger charge is -2.21. The molecule has 6 nitrogen and oxygen atoms in total. The predicted octanol–water partition coefficient (Wildman–Crippen LogP) is 2.07. The summed E-state index contributed by atoms with van der Waals surface area (Å²) in [6.07, 6.45) is 7.61. The van der Waals surface area contributed by atoms with Crippen molar-refractivity contribution in [3.63, 3.8) is 0 Å². The number of nitrogens with one attached hydrogen (secondary N) is 1. The van der Waals surface area contributed by atoms with Gasteiger partial charge in [-0.15, -0.1) is 0 Å². The summed E-state index contributed by atoms with van der Waals surface area (Å²) in [5.41, 5.74) is 1.79. The number of nitrogens with zero attached hydrogens (tertiary/aromatic N) is 2. The molecule has 0 amide bonds. The molecule has 0 atom stereocenters. The van der Waals surface area contributed by atoms with Crippen LogP contribution in [0, 0.1) is 5.92 Å². The number of H-pyrrole nitrogens is 1. The lowest BCUT2D eigenvalue weighted by atomic mass is 10.00. The maximum Gasteiger partial charge on any atom is 0.150 e. The Morgan fingerprint density at radius 3 is 2.68 bits per heavy atom. The summed E-state index contributed by atoms with van der Waals surface area (Å²) in [5.74, 6) is 1.81. The first-order chi connectivity index (χ1) is 10.6. The number of hydrogen-bond donors (Lipinski definition) is 1. The van der Waals surface area contributed by atoms with Crippen molar-refractivity contribution in [3.8, 4) is 17.0 Å². The van der Waals surface area contributed by atoms with E-state index >= 15 is 0 Å². The van der Waals surface area contributed by atoms with Crippen LogP contribution in [0.1, 0.15) is 19.3 Å². The van der Waals surface area contributed by atoms with Crippen LogP contribution in [0.5, 0.6) is 5.75 Å². The van der Waals surface area contributed by atoms with Gasteiger partial charge in [0, 0.05) is 11.8 Å². The average Bonchev–Trinajstić information content (AvgIpc) is 3.04. The Hall–Kier alpha value is -1.89. The molecule has 0 aliphatic carbocycles. The number of aromatic nitrogens is 3. The largest absolute Gasteiger partial charge is 0.492 e. The molecule has 3 rings (SSSR count). The van der Waals surface area contributed by atoms with Crippen LogP contribution in [0.15, 0.2) is 30.7 Å². The summed E-state index contributed by atoms with van der Waals surface area (Å²) in [6, 6.07) is 3.79. The second-order valence-corrected chi connectivity index (χ2v) is 7.90. The van der Waals surface area contributed by atoms with Gasteiger partial charge in [-0.25, -0.2) is 8.42 Å². The Bertz CT molecular complexity index is 682. The maximum atomic E-state index is 11.4. The molecule has 118 valence electrons. The van der Waals surface area contributed by atoms with Gasteiger partial charge in [0.2, 0.25) is 0 Å². The molecule has 1 fully saturated rings. The van der Waals surface area contributed by atoms with E-state index in [4.69, 9.17) is 4.74 Å². The maximum absolute atomic E-state index is 11.4. The zero-order valence-electron chi connectivity index (χ0n) is 12.2. The monoisotopic (exact) mass is 321 g/mol. The molecular weight excluding hydrogens is 302 g/mol. The molecule has 7 heteroatoms. The number of sulfone groups is 1. The summed E-state index contributed by atoms with van der Waals surface area (Å²) < 4.78 is 28.4. The standard InChI is InChI=1S/C15H19N3O3S/c19-22(20)7-4-12(5-8-22)3-6-21-14-1-2-15(16-11-14)13-9-17-18-10-13/h1-2,9-12H,3-8H2,(H,17,18). The van der Waals surface area contributed by atoms with Crippen molar-refractivity contribution in [3.05, 3.63) is 30.7 Å². The summed E-state index contributed by atoms with van der Waals surface area (Å²) >= 11 is 0. The van der Waals surface area contributed by atoms with Gasteiger partial charge in [-0.2, -0.15) is 5.10 Å². The van der Waals surface area contributed by atoms with Crippen LogP contribution in [0.25, 0.3) is 11.3 Å². The SMILES string of the molecule is O=S1(=O)CCC(CCOc2ccc(-c3cn[nH]c3)nc2)CC1. The van der Waals surface area contributed by atoms with Gasteiger partial charge in [-0.3, -0.25) is 10.1 Å². The summed E-state index contributed by atoms with van der Waals surface area (Å²) in [5, 5.41) is 6.65. The highest BCUT2D eigenvalue weighted by Gasteiger charge is 2.23. The van der Waals surface area contributed by atoms with Gasteiger partial charge in [0.15, 0.2) is 0 Å². The average molecular weight is 321 g/mol. The molecule has 0 spiro atoms. The molecule has 1 N–H and O–H groups in total. The topological polar surface area (TPSA) is 84.9 Å². The van der Waals surface area contributed by atoms with Crippen LogP contribution < -0.4 is 4.74 Å². The first kappa shape index (κ1) is 15.0. The van der Waals surface area contributed by atoms with Crippen molar-refractivity contribution in [2.45, 2.75) is 19.3 Å². The number of hydrogen-bond acceptors (Lipinski definition) is 5. The van der Waals surface area contributed by atoms with Gasteiger partial charge in [-0.1, -0.05) is 0 Å². The highest BCUT2D eigenvalue weighted by molar-refractivity contribution is 7.91. The van der Waals surface area contributed by atoms with Crippen molar-refractivity contribution in [1.82, 2.24) is 15.2 Å². The van der Waals surface area contributed by atoms with Crippen molar-refractivity contribution in [2.24, 2.45) is 5.92 Å². The van der Waals surface area contributed by atoms with E-state index in [1.807, 2.05) is 12.1 Å². The number of pyridine rings is 1. The van der Waals surface area contributed by atoms with Gasteiger partial charge in [-0.05, 0) is 37.3 Å². The van der Waals surface area contributed by atoms with Crippen molar-refractivity contribution in [1.29, 1.82) is 0 Å². The third-order valence-corrected chi connectivity index (χ3v) is 5.71. The predicted molar refractivity (Wildman–Crippen MR) is 83.3 cm³/mol. The highest BCUT2D eigenvalue weighted by atomic mass is 32.2. The van der Waals surface area contributed by atoms with Crippen LogP contribution in [-0.2, 0) is 9.84 Å². The Labute approximate surface area is 129 Å². The lowest BCUT2D eigenvalue weighted by molar-refractivity contribution is 0.269. The van der Waals surface area contributed by atoms with Crippen LogP contribution in [-0.4, -0.2) is 41.7 Å². The van der Waals surface area contributed by atoms with E-state index < -0.39 is 9.84 Å². The third kappa shape index (κ3) is 3.85. The molecule has 0 bridgehead atoms. The molecular formula is C15H19N3O3S. The smallest absolute Gasteiger partial charge is 0.150 e. The van der Waals surface area contributed by atoms with E-state index in [1.165, 1.54) is 0 Å². The van der Waals surface area contributed by atoms with E-state index in [1.54, 1.807) is 18.6 Å². The Morgan fingerprint density at radius 2 is 2.05 bits per heavy atom. The van der Waals surface area contributed by atoms with Gasteiger partial charge in [0.25, 0.3) is 0 Å². The van der Waals surface area contributed by atoms with Crippen LogP contribution in [0.2, 0.25) is 0 Å². The second kappa shape index (κ2) is 6.48. The number of rotatable bonds is 5. The van der Waals surface area contributed by atoms with Crippen LogP contribution in [0.3, 0.4) is 0 Å². The molecule has 2 aromatic heterocycles. The minimum atomic E-state index is -2.78. The van der Waals surface area contributed by atoms with E-state index in [0.717, 1.165) is 36.3 Å². The van der Waals surface area contributed by atoms with Gasteiger partial charge in [0.05, 0.1) is 36.2 Å². The van der Waals surface area contributed by atoms with Crippen molar-refractivity contribution in [2.75, 3.05) is 18.1 Å². The first-order valence-electron chi connectivity index (χ1n) is 7.41. The quantitative estimate of drug-likeness (QED) is 0.911. The van der Waals surface area contributed by atoms with Crippen molar-refractivity contribution < 1.29 is 13.2 Å². The molecule has 1 aliphatic rings. The van der Waals surface area contributed by atoms with Crippen LogP contribution >= 0.6 is 0 Å². The van der Waals surface area contributed by atoms with E-state index in [9.17, 15) is 8.42 Å². The van der Waals surface area contributed by atoms with E-state index in [0.29, 0.717) is 24.0 Å². The van der Waals surface area contributed by atoms with Gasteiger partial charge < -0.3 is 4.74 Å². The van der Waals surface area contributed by atoms with E-state index in [2.05, 4.69) is 15.2 Å². The third-order valence-electron chi connectivity index (χ3n) is 4.00. The molecule has 3 heterocycles. The summed E-state index contributed by atoms with van der Waals surface area (Å²) in [6.45, 7) is 0.595. The minimum Gasteiger partial charge on any atom is -0.492 e. The zero-order valence-corrected chi connectivity index (χ0v) is 13.1. The van der Waals surface area contributed by atoms with Crippen molar-refractivity contribution >= 4 is 9.84 Å². The minimum absolute atomic E-state index is 0.318. The molecule has 0 radical (unpaired) electrons. The lowest BCUT2D eigenvalue weighted by Crippen LogP contribution is -2.24. The van der Waals surface area contributed by atoms with Gasteiger partial charge in [0.1, 0.15) is 15.6 Å².